The number of aryl methyl sites for hydroxylation is 1. The Morgan fingerprint density at radius 1 is 1.14 bits per heavy atom. The standard InChI is InChI=1S/C16H18N4O/c1-12-10-13(19-7-3-2-4-8-19)11-15-17-16(18-20(12)15)14-6-5-9-21-14/h5-6,9-11H,2-4,7-8H2,1H3. The first-order chi connectivity index (χ1) is 10.3. The van der Waals surface area contributed by atoms with Gasteiger partial charge < -0.3 is 9.32 Å². The molecule has 3 aromatic rings. The molecular formula is C16H18N4O. The zero-order valence-corrected chi connectivity index (χ0v) is 12.1. The Bertz CT molecular complexity index is 754. The maximum absolute atomic E-state index is 5.39. The third-order valence-corrected chi connectivity index (χ3v) is 4.06. The molecule has 1 aliphatic rings. The molecule has 1 saturated heterocycles. The van der Waals surface area contributed by atoms with Gasteiger partial charge in [-0.1, -0.05) is 0 Å². The summed E-state index contributed by atoms with van der Waals surface area (Å²) in [6, 6.07) is 8.05. The lowest BCUT2D eigenvalue weighted by Crippen LogP contribution is -2.29. The van der Waals surface area contributed by atoms with E-state index in [2.05, 4.69) is 34.0 Å². The van der Waals surface area contributed by atoms with Crippen LogP contribution in [-0.4, -0.2) is 27.7 Å². The molecule has 0 saturated carbocycles. The minimum atomic E-state index is 0.638. The quantitative estimate of drug-likeness (QED) is 0.723. The smallest absolute Gasteiger partial charge is 0.217 e. The Labute approximate surface area is 123 Å². The summed E-state index contributed by atoms with van der Waals surface area (Å²) in [5, 5.41) is 4.53. The number of piperidine rings is 1. The number of furan rings is 1. The van der Waals surface area contributed by atoms with E-state index in [1.165, 1.54) is 24.9 Å². The van der Waals surface area contributed by atoms with Crippen LogP contribution in [0.3, 0.4) is 0 Å². The zero-order valence-electron chi connectivity index (χ0n) is 12.1. The van der Waals surface area contributed by atoms with Crippen molar-refractivity contribution in [1.29, 1.82) is 0 Å². The van der Waals surface area contributed by atoms with Crippen molar-refractivity contribution < 1.29 is 4.42 Å². The average Bonchev–Trinajstić information content (AvgIpc) is 3.17. The van der Waals surface area contributed by atoms with Gasteiger partial charge in [-0.2, -0.15) is 0 Å². The fourth-order valence-electron chi connectivity index (χ4n) is 2.97. The summed E-state index contributed by atoms with van der Waals surface area (Å²) in [7, 11) is 0. The Hall–Kier alpha value is -2.30. The monoisotopic (exact) mass is 282 g/mol. The van der Waals surface area contributed by atoms with Gasteiger partial charge in [0.25, 0.3) is 0 Å². The Kier molecular flexibility index (Phi) is 2.91. The molecule has 1 fully saturated rings. The third-order valence-electron chi connectivity index (χ3n) is 4.06. The first kappa shape index (κ1) is 12.4. The summed E-state index contributed by atoms with van der Waals surface area (Å²) >= 11 is 0. The van der Waals surface area contributed by atoms with Crippen LogP contribution in [0.4, 0.5) is 5.69 Å². The highest BCUT2D eigenvalue weighted by Crippen LogP contribution is 2.24. The summed E-state index contributed by atoms with van der Waals surface area (Å²) in [4.78, 5) is 7.05. The van der Waals surface area contributed by atoms with Crippen LogP contribution in [0.5, 0.6) is 0 Å². The summed E-state index contributed by atoms with van der Waals surface area (Å²) in [6.07, 6.45) is 5.53. The molecule has 3 aromatic heterocycles. The summed E-state index contributed by atoms with van der Waals surface area (Å²) in [5.74, 6) is 1.34. The molecule has 21 heavy (non-hydrogen) atoms. The molecule has 5 heteroatoms. The molecule has 108 valence electrons. The SMILES string of the molecule is Cc1cc(N2CCCCC2)cc2nc(-c3ccco3)nn12. The fraction of sp³-hybridized carbons (Fsp3) is 0.375. The molecule has 0 radical (unpaired) electrons. The lowest BCUT2D eigenvalue weighted by atomic mass is 10.1. The zero-order chi connectivity index (χ0) is 14.2. The van der Waals surface area contributed by atoms with Crippen LogP contribution in [0.1, 0.15) is 25.0 Å². The summed E-state index contributed by atoms with van der Waals surface area (Å²) in [6.45, 7) is 4.34. The maximum Gasteiger partial charge on any atom is 0.217 e. The molecule has 0 amide bonds. The van der Waals surface area contributed by atoms with Gasteiger partial charge >= 0.3 is 0 Å². The summed E-state index contributed by atoms with van der Waals surface area (Å²) < 4.78 is 7.27. The highest BCUT2D eigenvalue weighted by Gasteiger charge is 2.15. The molecule has 0 spiro atoms. The molecule has 0 bridgehead atoms. The average molecular weight is 282 g/mol. The van der Waals surface area contributed by atoms with Crippen molar-refractivity contribution in [3.05, 3.63) is 36.2 Å². The Morgan fingerprint density at radius 2 is 2.00 bits per heavy atom. The van der Waals surface area contributed by atoms with E-state index >= 15 is 0 Å². The number of rotatable bonds is 2. The molecule has 0 atom stereocenters. The number of anilines is 1. The van der Waals surface area contributed by atoms with Crippen molar-refractivity contribution in [2.75, 3.05) is 18.0 Å². The van der Waals surface area contributed by atoms with Gasteiger partial charge in [0.15, 0.2) is 11.4 Å². The van der Waals surface area contributed by atoms with Crippen LogP contribution in [0, 0.1) is 6.92 Å². The van der Waals surface area contributed by atoms with E-state index in [1.54, 1.807) is 6.26 Å². The second-order valence-corrected chi connectivity index (χ2v) is 5.59. The van der Waals surface area contributed by atoms with Gasteiger partial charge in [0.1, 0.15) is 0 Å². The van der Waals surface area contributed by atoms with Crippen LogP contribution in [-0.2, 0) is 0 Å². The van der Waals surface area contributed by atoms with Gasteiger partial charge in [-0.25, -0.2) is 9.50 Å². The first-order valence-electron chi connectivity index (χ1n) is 7.47. The number of hydrogen-bond donors (Lipinski definition) is 0. The van der Waals surface area contributed by atoms with Gasteiger partial charge in [-0.05, 0) is 44.4 Å². The summed E-state index contributed by atoms with van der Waals surface area (Å²) in [5.41, 5.74) is 3.22. The number of aromatic nitrogens is 3. The fourth-order valence-corrected chi connectivity index (χ4v) is 2.97. The highest BCUT2D eigenvalue weighted by molar-refractivity contribution is 5.60. The predicted molar refractivity (Wildman–Crippen MR) is 81.5 cm³/mol. The molecule has 0 unspecified atom stereocenters. The second-order valence-electron chi connectivity index (χ2n) is 5.59. The van der Waals surface area contributed by atoms with E-state index < -0.39 is 0 Å². The molecule has 1 aliphatic heterocycles. The molecule has 0 aromatic carbocycles. The third kappa shape index (κ3) is 2.18. The second kappa shape index (κ2) is 4.91. The lowest BCUT2D eigenvalue weighted by Gasteiger charge is -2.29. The van der Waals surface area contributed by atoms with Crippen molar-refractivity contribution >= 4 is 11.3 Å². The molecule has 4 rings (SSSR count). The van der Waals surface area contributed by atoms with Crippen LogP contribution in [0.15, 0.2) is 34.9 Å². The van der Waals surface area contributed by atoms with E-state index in [4.69, 9.17) is 4.42 Å². The topological polar surface area (TPSA) is 46.6 Å². The van der Waals surface area contributed by atoms with E-state index in [1.807, 2.05) is 16.6 Å². The molecular weight excluding hydrogens is 264 g/mol. The van der Waals surface area contributed by atoms with Gasteiger partial charge in [0, 0.05) is 30.5 Å². The van der Waals surface area contributed by atoms with Crippen molar-refractivity contribution in [2.45, 2.75) is 26.2 Å². The Morgan fingerprint density at radius 3 is 2.76 bits per heavy atom. The molecule has 5 nitrogen and oxygen atoms in total. The molecule has 4 heterocycles. The lowest BCUT2D eigenvalue weighted by molar-refractivity contribution is 0.576. The maximum atomic E-state index is 5.39. The predicted octanol–water partition coefficient (Wildman–Crippen LogP) is 3.29. The number of nitrogens with zero attached hydrogens (tertiary/aromatic N) is 4. The van der Waals surface area contributed by atoms with Crippen molar-refractivity contribution in [2.24, 2.45) is 0 Å². The van der Waals surface area contributed by atoms with Crippen molar-refractivity contribution in [3.63, 3.8) is 0 Å². The van der Waals surface area contributed by atoms with E-state index in [0.717, 1.165) is 24.4 Å². The molecule has 0 N–H and O–H groups in total. The van der Waals surface area contributed by atoms with Crippen LogP contribution >= 0.6 is 0 Å². The van der Waals surface area contributed by atoms with Gasteiger partial charge in [0.05, 0.1) is 6.26 Å². The van der Waals surface area contributed by atoms with Crippen molar-refractivity contribution in [1.82, 2.24) is 14.6 Å². The van der Waals surface area contributed by atoms with Crippen LogP contribution in [0.2, 0.25) is 0 Å². The van der Waals surface area contributed by atoms with Gasteiger partial charge in [-0.15, -0.1) is 5.10 Å². The normalized spacial score (nSPS) is 15.8. The van der Waals surface area contributed by atoms with E-state index in [0.29, 0.717) is 11.6 Å². The number of hydrogen-bond acceptors (Lipinski definition) is 4. The molecule has 0 aliphatic carbocycles. The Balaban J connectivity index is 1.78. The van der Waals surface area contributed by atoms with Gasteiger partial charge in [-0.3, -0.25) is 0 Å². The first-order valence-corrected chi connectivity index (χ1v) is 7.47. The minimum Gasteiger partial charge on any atom is -0.461 e. The number of pyridine rings is 1. The van der Waals surface area contributed by atoms with Crippen molar-refractivity contribution in [3.8, 4) is 11.6 Å². The van der Waals surface area contributed by atoms with Crippen LogP contribution < -0.4 is 4.90 Å². The van der Waals surface area contributed by atoms with E-state index in [-0.39, 0.29) is 0 Å². The van der Waals surface area contributed by atoms with E-state index in [9.17, 15) is 0 Å². The largest absolute Gasteiger partial charge is 0.461 e. The van der Waals surface area contributed by atoms with Gasteiger partial charge in [0.2, 0.25) is 5.82 Å². The highest BCUT2D eigenvalue weighted by atomic mass is 16.3. The number of fused-ring (bicyclic) bond motifs is 1. The van der Waals surface area contributed by atoms with Crippen LogP contribution in [0.25, 0.3) is 17.2 Å². The minimum absolute atomic E-state index is 0.638.